The number of carbonyl (C=O) groups is 2. The summed E-state index contributed by atoms with van der Waals surface area (Å²) in [5, 5.41) is 2.24. The molecule has 3 amide bonds. The monoisotopic (exact) mass is 379 g/mol. The summed E-state index contributed by atoms with van der Waals surface area (Å²) < 4.78 is 26.0. The summed E-state index contributed by atoms with van der Waals surface area (Å²) in [7, 11) is 0. The number of imide groups is 1. The molecule has 4 rings (SSSR count). The summed E-state index contributed by atoms with van der Waals surface area (Å²) in [5.74, 6) is -1.19. The maximum atomic E-state index is 14.6. The Morgan fingerprint density at radius 2 is 1.74 bits per heavy atom. The van der Waals surface area contributed by atoms with Gasteiger partial charge in [0.25, 0.3) is 0 Å². The molecular weight excluding hydrogens is 353 g/mol. The van der Waals surface area contributed by atoms with Crippen LogP contribution in [0.15, 0.2) is 18.2 Å². The third kappa shape index (κ3) is 4.06. The van der Waals surface area contributed by atoms with E-state index < -0.39 is 11.8 Å². The van der Waals surface area contributed by atoms with E-state index in [1.165, 1.54) is 11.0 Å². The molecule has 0 unspecified atom stereocenters. The summed E-state index contributed by atoms with van der Waals surface area (Å²) >= 11 is 0. The van der Waals surface area contributed by atoms with Crippen molar-refractivity contribution in [2.24, 2.45) is 0 Å². The Morgan fingerprint density at radius 3 is 2.33 bits per heavy atom. The van der Waals surface area contributed by atoms with Gasteiger partial charge in [0.1, 0.15) is 5.82 Å². The molecule has 0 saturated carbocycles. The molecule has 0 radical (unpaired) electrons. The van der Waals surface area contributed by atoms with E-state index in [9.17, 15) is 14.0 Å². The van der Waals surface area contributed by atoms with Crippen LogP contribution < -0.4 is 15.1 Å². The van der Waals surface area contributed by atoms with E-state index in [1.54, 1.807) is 12.1 Å². The minimum atomic E-state index is -0.515. The summed E-state index contributed by atoms with van der Waals surface area (Å²) in [5.41, 5.74) is 0.951. The SMILES string of the molecule is CC.O=C1CCN(c2ccc(N3CCC4(CC3)OCCO4)c(F)c2)C(=O)N1. The van der Waals surface area contributed by atoms with Crippen molar-refractivity contribution in [2.45, 2.75) is 38.9 Å². The van der Waals surface area contributed by atoms with Crippen molar-refractivity contribution in [3.8, 4) is 0 Å². The van der Waals surface area contributed by atoms with Crippen molar-refractivity contribution in [2.75, 3.05) is 42.6 Å². The molecule has 8 heteroatoms. The van der Waals surface area contributed by atoms with Gasteiger partial charge in [-0.05, 0) is 18.2 Å². The Morgan fingerprint density at radius 1 is 1.07 bits per heavy atom. The molecule has 0 aromatic heterocycles. The zero-order valence-corrected chi connectivity index (χ0v) is 15.8. The van der Waals surface area contributed by atoms with Crippen LogP contribution in [0.5, 0.6) is 0 Å². The molecule has 7 nitrogen and oxygen atoms in total. The van der Waals surface area contributed by atoms with Gasteiger partial charge in [-0.3, -0.25) is 15.0 Å². The highest BCUT2D eigenvalue weighted by Crippen LogP contribution is 2.34. The molecule has 3 aliphatic heterocycles. The van der Waals surface area contributed by atoms with Gasteiger partial charge in [-0.25, -0.2) is 9.18 Å². The summed E-state index contributed by atoms with van der Waals surface area (Å²) in [6.07, 6.45) is 1.61. The maximum absolute atomic E-state index is 14.6. The fourth-order valence-electron chi connectivity index (χ4n) is 3.60. The highest BCUT2D eigenvalue weighted by atomic mass is 19.1. The minimum absolute atomic E-state index is 0.212. The normalized spacial score (nSPS) is 21.7. The zero-order valence-electron chi connectivity index (χ0n) is 15.8. The van der Waals surface area contributed by atoms with Gasteiger partial charge in [-0.15, -0.1) is 0 Å². The first-order valence-corrected chi connectivity index (χ1v) is 9.50. The van der Waals surface area contributed by atoms with E-state index in [0.29, 0.717) is 50.5 Å². The predicted molar refractivity (Wildman–Crippen MR) is 99.3 cm³/mol. The number of ether oxygens (including phenoxy) is 2. The second kappa shape index (κ2) is 8.22. The quantitative estimate of drug-likeness (QED) is 0.855. The average molecular weight is 379 g/mol. The van der Waals surface area contributed by atoms with Gasteiger partial charge in [0.15, 0.2) is 5.79 Å². The molecule has 0 atom stereocenters. The number of nitrogens with one attached hydrogen (secondary N) is 1. The Balaban J connectivity index is 0.00000102. The summed E-state index contributed by atoms with van der Waals surface area (Å²) in [6.45, 7) is 6.78. The van der Waals surface area contributed by atoms with Crippen LogP contribution in [0.25, 0.3) is 0 Å². The molecular formula is C19H26FN3O4. The smallest absolute Gasteiger partial charge is 0.328 e. The van der Waals surface area contributed by atoms with Gasteiger partial charge in [0, 0.05) is 44.6 Å². The number of rotatable bonds is 2. The van der Waals surface area contributed by atoms with E-state index in [1.807, 2.05) is 18.7 Å². The number of halogens is 1. The van der Waals surface area contributed by atoms with Crippen LogP contribution in [0, 0.1) is 5.82 Å². The number of amides is 3. The number of benzene rings is 1. The second-order valence-electron chi connectivity index (χ2n) is 6.49. The largest absolute Gasteiger partial charge is 0.369 e. The topological polar surface area (TPSA) is 71.1 Å². The van der Waals surface area contributed by atoms with Crippen molar-refractivity contribution in [1.82, 2.24) is 5.32 Å². The first-order valence-electron chi connectivity index (χ1n) is 9.50. The predicted octanol–water partition coefficient (Wildman–Crippen LogP) is 2.64. The first kappa shape index (κ1) is 19.6. The maximum Gasteiger partial charge on any atom is 0.328 e. The van der Waals surface area contributed by atoms with Crippen LogP contribution in [0.1, 0.15) is 33.1 Å². The fraction of sp³-hybridized carbons (Fsp3) is 0.579. The lowest BCUT2D eigenvalue weighted by atomic mass is 10.0. The van der Waals surface area contributed by atoms with Crippen molar-refractivity contribution < 1.29 is 23.5 Å². The highest BCUT2D eigenvalue weighted by molar-refractivity contribution is 6.05. The van der Waals surface area contributed by atoms with Crippen LogP contribution in [0.4, 0.5) is 20.6 Å². The van der Waals surface area contributed by atoms with E-state index in [4.69, 9.17) is 9.47 Å². The van der Waals surface area contributed by atoms with E-state index in [0.717, 1.165) is 0 Å². The molecule has 27 heavy (non-hydrogen) atoms. The van der Waals surface area contributed by atoms with Gasteiger partial charge >= 0.3 is 6.03 Å². The number of hydrogen-bond donors (Lipinski definition) is 1. The van der Waals surface area contributed by atoms with Crippen LogP contribution in [0.2, 0.25) is 0 Å². The number of hydrogen-bond acceptors (Lipinski definition) is 5. The number of urea groups is 1. The van der Waals surface area contributed by atoms with Crippen LogP contribution in [0.3, 0.4) is 0 Å². The van der Waals surface area contributed by atoms with Crippen molar-refractivity contribution >= 4 is 23.3 Å². The number of piperidine rings is 1. The van der Waals surface area contributed by atoms with E-state index >= 15 is 0 Å². The Labute approximate surface area is 158 Å². The molecule has 0 bridgehead atoms. The van der Waals surface area contributed by atoms with Gasteiger partial charge < -0.3 is 14.4 Å². The first-order chi connectivity index (χ1) is 13.1. The minimum Gasteiger partial charge on any atom is -0.369 e. The van der Waals surface area contributed by atoms with Crippen molar-refractivity contribution in [1.29, 1.82) is 0 Å². The molecule has 3 aliphatic rings. The van der Waals surface area contributed by atoms with Gasteiger partial charge in [-0.1, -0.05) is 13.8 Å². The Hall–Kier alpha value is -2.19. The van der Waals surface area contributed by atoms with E-state index in [-0.39, 0.29) is 24.7 Å². The lowest BCUT2D eigenvalue weighted by molar-refractivity contribution is -0.169. The molecule has 148 valence electrons. The highest BCUT2D eigenvalue weighted by Gasteiger charge is 2.40. The second-order valence-corrected chi connectivity index (χ2v) is 6.49. The van der Waals surface area contributed by atoms with Gasteiger partial charge in [0.05, 0.1) is 18.9 Å². The van der Waals surface area contributed by atoms with Gasteiger partial charge in [0.2, 0.25) is 5.91 Å². The lowest BCUT2D eigenvalue weighted by Gasteiger charge is -2.39. The van der Waals surface area contributed by atoms with Crippen LogP contribution in [-0.2, 0) is 14.3 Å². The number of anilines is 2. The molecule has 1 N–H and O–H groups in total. The molecule has 3 heterocycles. The molecule has 0 aliphatic carbocycles. The summed E-state index contributed by atoms with van der Waals surface area (Å²) in [6, 6.07) is 4.22. The molecule has 3 fully saturated rings. The average Bonchev–Trinajstić information content (AvgIpc) is 3.12. The van der Waals surface area contributed by atoms with Gasteiger partial charge in [-0.2, -0.15) is 0 Å². The fourth-order valence-corrected chi connectivity index (χ4v) is 3.60. The Bertz CT molecular complexity index is 696. The Kier molecular flexibility index (Phi) is 5.96. The molecule has 1 aromatic carbocycles. The molecule has 1 spiro atoms. The zero-order chi connectivity index (χ0) is 19.4. The lowest BCUT2D eigenvalue weighted by Crippen LogP contribution is -2.49. The number of nitrogens with zero attached hydrogens (tertiary/aromatic N) is 2. The number of carbonyl (C=O) groups excluding carboxylic acids is 2. The van der Waals surface area contributed by atoms with Crippen LogP contribution >= 0.6 is 0 Å². The standard InChI is InChI=1S/C17H20FN3O4.C2H6/c18-13-11-12(21-6-3-15(22)19-16(21)23)1-2-14(13)20-7-4-17(5-8-20)24-9-10-25-17;1-2/h1-2,11H,3-10H2,(H,19,22,23);1-2H3. The molecule has 1 aromatic rings. The van der Waals surface area contributed by atoms with Crippen LogP contribution in [-0.4, -0.2) is 50.6 Å². The van der Waals surface area contributed by atoms with Crippen molar-refractivity contribution in [3.63, 3.8) is 0 Å². The summed E-state index contributed by atoms with van der Waals surface area (Å²) in [4.78, 5) is 26.4. The van der Waals surface area contributed by atoms with E-state index in [2.05, 4.69) is 5.32 Å². The van der Waals surface area contributed by atoms with Crippen molar-refractivity contribution in [3.05, 3.63) is 24.0 Å². The third-order valence-corrected chi connectivity index (χ3v) is 4.98. The third-order valence-electron chi connectivity index (χ3n) is 4.98. The molecule has 3 saturated heterocycles.